The van der Waals surface area contributed by atoms with Crippen molar-refractivity contribution in [3.63, 3.8) is 0 Å². The molecule has 1 aliphatic rings. The van der Waals surface area contributed by atoms with E-state index in [4.69, 9.17) is 0 Å². The van der Waals surface area contributed by atoms with Gasteiger partial charge in [0.05, 0.1) is 0 Å². The van der Waals surface area contributed by atoms with Gasteiger partial charge in [-0.1, -0.05) is 104 Å². The number of likely N-dealkylation sites (tertiary alicyclic amines) is 1. The lowest BCUT2D eigenvalue weighted by atomic mass is 10.0. The molecule has 2 amide bonds. The van der Waals surface area contributed by atoms with Crippen molar-refractivity contribution in [2.24, 2.45) is 0 Å². The molecule has 0 saturated carbocycles. The quantitative estimate of drug-likeness (QED) is 0.118. The summed E-state index contributed by atoms with van der Waals surface area (Å²) in [5.74, 6) is 1.32. The van der Waals surface area contributed by atoms with Crippen molar-refractivity contribution in [3.05, 3.63) is 0 Å². The third-order valence-corrected chi connectivity index (χ3v) is 8.24. The van der Waals surface area contributed by atoms with Crippen LogP contribution >= 0.6 is 11.8 Å². The Bertz CT molecular complexity index is 452. The van der Waals surface area contributed by atoms with E-state index in [1.165, 1.54) is 113 Å². The number of carbonyl (C=O) groups is 2. The number of carbonyl (C=O) groups excluding carboxylic acids is 2. The predicted octanol–water partition coefficient (Wildman–Crippen LogP) is 8.69. The van der Waals surface area contributed by atoms with Gasteiger partial charge in [-0.3, -0.25) is 14.5 Å². The van der Waals surface area contributed by atoms with E-state index in [-0.39, 0.29) is 11.8 Å². The maximum Gasteiger partial charge on any atom is 0.229 e. The molecular weight excluding hydrogens is 414 g/mol. The summed E-state index contributed by atoms with van der Waals surface area (Å²) >= 11 is 2.18. The van der Waals surface area contributed by atoms with Gasteiger partial charge in [-0.25, -0.2) is 0 Å². The Morgan fingerprint density at radius 3 is 1.75 bits per heavy atom. The number of hydrogen-bond donors (Lipinski definition) is 0. The molecule has 1 rings (SSSR count). The zero-order chi connectivity index (χ0) is 23.3. The highest BCUT2D eigenvalue weighted by Gasteiger charge is 2.24. The SMILES string of the molecule is CCCCCCCCCCCCCC(CCCC)SCCCCCN1C(=O)CCCC1=O. The van der Waals surface area contributed by atoms with Crippen LogP contribution in [0.5, 0.6) is 0 Å². The van der Waals surface area contributed by atoms with Gasteiger partial charge in [0.25, 0.3) is 0 Å². The van der Waals surface area contributed by atoms with E-state index in [1.54, 1.807) is 0 Å². The van der Waals surface area contributed by atoms with Gasteiger partial charge in [0.2, 0.25) is 11.8 Å². The Hall–Kier alpha value is -0.510. The number of unbranched alkanes of at least 4 members (excludes halogenated alkanes) is 13. The first-order valence-corrected chi connectivity index (χ1v) is 15.2. The van der Waals surface area contributed by atoms with Crippen molar-refractivity contribution in [2.75, 3.05) is 12.3 Å². The van der Waals surface area contributed by atoms with Gasteiger partial charge in [-0.05, 0) is 37.9 Å². The second kappa shape index (κ2) is 21.1. The maximum absolute atomic E-state index is 11.9. The summed E-state index contributed by atoms with van der Waals surface area (Å²) in [6.07, 6.45) is 26.2. The van der Waals surface area contributed by atoms with E-state index < -0.39 is 0 Å². The van der Waals surface area contributed by atoms with Crippen LogP contribution in [0.4, 0.5) is 0 Å². The lowest BCUT2D eigenvalue weighted by Gasteiger charge is -2.24. The Morgan fingerprint density at radius 1 is 0.656 bits per heavy atom. The second-order valence-corrected chi connectivity index (χ2v) is 11.2. The highest BCUT2D eigenvalue weighted by molar-refractivity contribution is 7.99. The van der Waals surface area contributed by atoms with E-state index in [0.717, 1.165) is 24.5 Å². The molecule has 0 aliphatic carbocycles. The first kappa shape index (κ1) is 29.5. The normalized spacial score (nSPS) is 15.5. The summed E-state index contributed by atoms with van der Waals surface area (Å²) < 4.78 is 0. The van der Waals surface area contributed by atoms with Gasteiger partial charge in [0, 0.05) is 24.6 Å². The molecule has 1 saturated heterocycles. The third kappa shape index (κ3) is 15.3. The summed E-state index contributed by atoms with van der Waals surface area (Å²) in [6, 6.07) is 0. The van der Waals surface area contributed by atoms with Gasteiger partial charge >= 0.3 is 0 Å². The van der Waals surface area contributed by atoms with Crippen molar-refractivity contribution >= 4 is 23.6 Å². The van der Waals surface area contributed by atoms with Crippen LogP contribution in [-0.2, 0) is 9.59 Å². The molecule has 3 nitrogen and oxygen atoms in total. The molecule has 1 aliphatic heterocycles. The molecule has 0 aromatic heterocycles. The molecule has 1 heterocycles. The summed E-state index contributed by atoms with van der Waals surface area (Å²) in [5, 5.41) is 0.832. The van der Waals surface area contributed by atoms with Crippen LogP contribution in [-0.4, -0.2) is 34.3 Å². The highest BCUT2D eigenvalue weighted by Crippen LogP contribution is 2.25. The number of rotatable bonds is 22. The fourth-order valence-corrected chi connectivity index (χ4v) is 6.00. The molecule has 188 valence electrons. The smallest absolute Gasteiger partial charge is 0.229 e. The van der Waals surface area contributed by atoms with E-state index in [0.29, 0.717) is 19.4 Å². The number of imide groups is 1. The van der Waals surface area contributed by atoms with Crippen molar-refractivity contribution in [1.29, 1.82) is 0 Å². The largest absolute Gasteiger partial charge is 0.283 e. The minimum atomic E-state index is 0.0437. The molecule has 0 aromatic carbocycles. The van der Waals surface area contributed by atoms with Gasteiger partial charge in [0.1, 0.15) is 0 Å². The molecule has 0 spiro atoms. The summed E-state index contributed by atoms with van der Waals surface area (Å²) in [6.45, 7) is 5.23. The van der Waals surface area contributed by atoms with E-state index in [1.807, 2.05) is 0 Å². The Balaban J connectivity index is 2.02. The minimum absolute atomic E-state index is 0.0437. The molecule has 1 unspecified atom stereocenters. The Morgan fingerprint density at radius 2 is 1.16 bits per heavy atom. The third-order valence-electron chi connectivity index (χ3n) is 6.77. The monoisotopic (exact) mass is 467 g/mol. The van der Waals surface area contributed by atoms with Crippen LogP contribution in [0.2, 0.25) is 0 Å². The van der Waals surface area contributed by atoms with Crippen LogP contribution in [0.25, 0.3) is 0 Å². The zero-order valence-corrected chi connectivity index (χ0v) is 22.3. The molecule has 0 N–H and O–H groups in total. The first-order valence-electron chi connectivity index (χ1n) is 14.1. The topological polar surface area (TPSA) is 37.4 Å². The predicted molar refractivity (Wildman–Crippen MR) is 141 cm³/mol. The summed E-state index contributed by atoms with van der Waals surface area (Å²) in [7, 11) is 0. The Kier molecular flexibility index (Phi) is 19.4. The van der Waals surface area contributed by atoms with E-state index in [2.05, 4.69) is 25.6 Å². The standard InChI is InChI=1S/C28H53NO2S/c1-3-5-7-8-9-10-11-12-13-14-16-21-26(20-6-4-2)32-25-18-15-17-24-29-27(30)22-19-23-28(29)31/h26H,3-25H2,1-2H3. The van der Waals surface area contributed by atoms with Crippen LogP contribution < -0.4 is 0 Å². The Labute approximate surface area is 204 Å². The van der Waals surface area contributed by atoms with E-state index in [9.17, 15) is 9.59 Å². The molecular formula is C28H53NO2S. The number of hydrogen-bond acceptors (Lipinski definition) is 3. The second-order valence-electron chi connectivity index (χ2n) is 9.81. The first-order chi connectivity index (χ1) is 15.7. The number of amides is 2. The number of nitrogens with zero attached hydrogens (tertiary/aromatic N) is 1. The number of thioether (sulfide) groups is 1. The average molecular weight is 468 g/mol. The van der Waals surface area contributed by atoms with Gasteiger partial charge in [-0.2, -0.15) is 11.8 Å². The lowest BCUT2D eigenvalue weighted by molar-refractivity contribution is -0.147. The zero-order valence-electron chi connectivity index (χ0n) is 21.5. The van der Waals surface area contributed by atoms with Crippen LogP contribution in [0.1, 0.15) is 149 Å². The lowest BCUT2D eigenvalue weighted by Crippen LogP contribution is -2.40. The molecule has 0 aromatic rings. The fourth-order valence-electron chi connectivity index (χ4n) is 4.63. The molecule has 1 atom stereocenters. The molecule has 32 heavy (non-hydrogen) atoms. The van der Waals surface area contributed by atoms with Crippen LogP contribution in [0.15, 0.2) is 0 Å². The van der Waals surface area contributed by atoms with Gasteiger partial charge in [-0.15, -0.1) is 0 Å². The van der Waals surface area contributed by atoms with Crippen molar-refractivity contribution in [2.45, 2.75) is 154 Å². The molecule has 1 fully saturated rings. The van der Waals surface area contributed by atoms with E-state index >= 15 is 0 Å². The van der Waals surface area contributed by atoms with Gasteiger partial charge < -0.3 is 0 Å². The van der Waals surface area contributed by atoms with Crippen molar-refractivity contribution < 1.29 is 9.59 Å². The molecule has 4 heteroatoms. The minimum Gasteiger partial charge on any atom is -0.283 e. The van der Waals surface area contributed by atoms with Crippen molar-refractivity contribution in [3.8, 4) is 0 Å². The highest BCUT2D eigenvalue weighted by atomic mass is 32.2. The summed E-state index contributed by atoms with van der Waals surface area (Å²) in [4.78, 5) is 25.2. The molecule has 0 bridgehead atoms. The number of piperidine rings is 1. The molecule has 0 radical (unpaired) electrons. The average Bonchev–Trinajstić information content (AvgIpc) is 2.79. The fraction of sp³-hybridized carbons (Fsp3) is 0.929. The van der Waals surface area contributed by atoms with Crippen molar-refractivity contribution in [1.82, 2.24) is 4.90 Å². The van der Waals surface area contributed by atoms with Crippen LogP contribution in [0.3, 0.4) is 0 Å². The van der Waals surface area contributed by atoms with Crippen LogP contribution in [0, 0.1) is 0 Å². The maximum atomic E-state index is 11.9. The summed E-state index contributed by atoms with van der Waals surface area (Å²) in [5.41, 5.74) is 0. The van der Waals surface area contributed by atoms with Gasteiger partial charge in [0.15, 0.2) is 0 Å².